The number of carbonyl (C=O) groups is 1. The number of hydrogen-bond acceptors (Lipinski definition) is 6. The fourth-order valence-electron chi connectivity index (χ4n) is 2.50. The van der Waals surface area contributed by atoms with Gasteiger partial charge in [-0.3, -0.25) is 4.79 Å². The molecule has 0 atom stereocenters. The van der Waals surface area contributed by atoms with Crippen LogP contribution in [0, 0.1) is 6.20 Å². The number of ether oxygens (including phenoxy) is 1. The molecule has 12 heteroatoms. The molecule has 0 saturated heterocycles. The van der Waals surface area contributed by atoms with Gasteiger partial charge in [-0.1, -0.05) is 0 Å². The molecule has 2 heterocycles. The Bertz CT molecular complexity index is 978. The third-order valence-electron chi connectivity index (χ3n) is 3.74. The van der Waals surface area contributed by atoms with Gasteiger partial charge in [-0.15, -0.1) is 13.2 Å². The summed E-state index contributed by atoms with van der Waals surface area (Å²) in [6, 6.07) is 3.87. The number of halogens is 3. The Morgan fingerprint density at radius 2 is 1.93 bits per heavy atom. The van der Waals surface area contributed by atoms with Crippen LogP contribution < -0.4 is 10.5 Å². The number of rotatable bonds is 4. The maximum Gasteiger partial charge on any atom is 0.573 e. The molecule has 0 bridgehead atoms. The molecule has 8 nitrogen and oxygen atoms in total. The van der Waals surface area contributed by atoms with Crippen molar-refractivity contribution in [3.8, 4) is 5.75 Å². The van der Waals surface area contributed by atoms with Crippen molar-refractivity contribution in [3.63, 3.8) is 0 Å². The van der Waals surface area contributed by atoms with Crippen LogP contribution in [-0.4, -0.2) is 41.5 Å². The van der Waals surface area contributed by atoms with Gasteiger partial charge < -0.3 is 10.5 Å². The highest BCUT2D eigenvalue weighted by Crippen LogP contribution is 2.27. The lowest BCUT2D eigenvalue weighted by Crippen LogP contribution is -2.37. The van der Waals surface area contributed by atoms with Crippen molar-refractivity contribution in [2.75, 3.05) is 6.54 Å². The first-order valence-electron chi connectivity index (χ1n) is 7.49. The number of hydrogen-bond donors (Lipinski definition) is 1. The van der Waals surface area contributed by atoms with Gasteiger partial charge in [0.1, 0.15) is 5.75 Å². The van der Waals surface area contributed by atoms with E-state index in [1.54, 1.807) is 0 Å². The summed E-state index contributed by atoms with van der Waals surface area (Å²) in [4.78, 5) is 18.6. The van der Waals surface area contributed by atoms with Crippen molar-refractivity contribution in [2.45, 2.75) is 24.2 Å². The number of carbonyl (C=O) groups excluding carboxylic acids is 1. The minimum atomic E-state index is -4.87. The average molecular weight is 401 g/mol. The summed E-state index contributed by atoms with van der Waals surface area (Å²) in [5.41, 5.74) is 5.98. The Labute approximate surface area is 151 Å². The van der Waals surface area contributed by atoms with Crippen LogP contribution in [0.5, 0.6) is 5.75 Å². The third kappa shape index (κ3) is 4.17. The molecule has 0 fully saturated rings. The molecule has 2 N–H and O–H groups in total. The monoisotopic (exact) mass is 401 g/mol. The second-order valence-electron chi connectivity index (χ2n) is 5.56. The first-order valence-corrected chi connectivity index (χ1v) is 8.93. The van der Waals surface area contributed by atoms with Crippen molar-refractivity contribution in [1.82, 2.24) is 14.3 Å². The van der Waals surface area contributed by atoms with Gasteiger partial charge in [0.25, 0.3) is 5.91 Å². The highest BCUT2D eigenvalue weighted by Gasteiger charge is 2.32. The van der Waals surface area contributed by atoms with Gasteiger partial charge in [0.05, 0.1) is 23.3 Å². The van der Waals surface area contributed by atoms with E-state index in [0.717, 1.165) is 28.6 Å². The zero-order valence-electron chi connectivity index (χ0n) is 13.5. The van der Waals surface area contributed by atoms with E-state index < -0.39 is 28.0 Å². The van der Waals surface area contributed by atoms with Crippen LogP contribution in [0.4, 0.5) is 13.2 Å². The minimum Gasteiger partial charge on any atom is -0.406 e. The van der Waals surface area contributed by atoms with E-state index in [2.05, 4.69) is 20.9 Å². The van der Waals surface area contributed by atoms with E-state index >= 15 is 0 Å². The second kappa shape index (κ2) is 6.78. The van der Waals surface area contributed by atoms with E-state index in [9.17, 15) is 26.4 Å². The van der Waals surface area contributed by atoms with Crippen LogP contribution in [0.25, 0.3) is 0 Å². The van der Waals surface area contributed by atoms with Gasteiger partial charge in [0, 0.05) is 12.1 Å². The van der Waals surface area contributed by atoms with Gasteiger partial charge in [-0.25, -0.2) is 18.4 Å². The number of nitrogens with zero attached hydrogens (tertiary/aromatic N) is 3. The van der Waals surface area contributed by atoms with E-state index in [4.69, 9.17) is 5.73 Å². The van der Waals surface area contributed by atoms with E-state index in [-0.39, 0.29) is 30.2 Å². The quantitative estimate of drug-likeness (QED) is 0.818. The minimum absolute atomic E-state index is 0.103. The summed E-state index contributed by atoms with van der Waals surface area (Å²) in [7, 11) is -3.99. The maximum absolute atomic E-state index is 12.7. The predicted octanol–water partition coefficient (Wildman–Crippen LogP) is 1.02. The Morgan fingerprint density at radius 3 is 2.52 bits per heavy atom. The summed E-state index contributed by atoms with van der Waals surface area (Å²) >= 11 is 0. The zero-order valence-corrected chi connectivity index (χ0v) is 14.3. The Kier molecular flexibility index (Phi) is 4.78. The Balaban J connectivity index is 1.83. The normalized spacial score (nSPS) is 15.2. The van der Waals surface area contributed by atoms with Crippen molar-refractivity contribution in [2.24, 2.45) is 5.73 Å². The summed E-state index contributed by atoms with van der Waals surface area (Å²) in [5.74, 6) is -1.67. The average Bonchev–Trinajstić information content (AvgIpc) is 2.59. The highest BCUT2D eigenvalue weighted by atomic mass is 32.2. The summed E-state index contributed by atoms with van der Waals surface area (Å²) in [6.07, 6.45) is -1.98. The predicted molar refractivity (Wildman–Crippen MR) is 83.8 cm³/mol. The van der Waals surface area contributed by atoms with Gasteiger partial charge in [-0.05, 0) is 30.7 Å². The maximum atomic E-state index is 12.7. The molecule has 1 aliphatic rings. The number of aromatic nitrogens is 2. The van der Waals surface area contributed by atoms with Crippen LogP contribution in [0.15, 0.2) is 29.2 Å². The smallest absolute Gasteiger partial charge is 0.406 e. The van der Waals surface area contributed by atoms with Crippen LogP contribution >= 0.6 is 0 Å². The number of alkyl halides is 3. The van der Waals surface area contributed by atoms with Gasteiger partial charge in [0.15, 0.2) is 0 Å². The van der Waals surface area contributed by atoms with Crippen molar-refractivity contribution in [1.29, 1.82) is 0 Å². The zero-order chi connectivity index (χ0) is 19.8. The van der Waals surface area contributed by atoms with Crippen molar-refractivity contribution >= 4 is 15.9 Å². The molecule has 0 aliphatic carbocycles. The molecular weight excluding hydrogens is 389 g/mol. The van der Waals surface area contributed by atoms with E-state index in [1.807, 2.05) is 0 Å². The molecule has 0 unspecified atom stereocenters. The largest absolute Gasteiger partial charge is 0.573 e. The fourth-order valence-corrected chi connectivity index (χ4v) is 3.90. The number of amides is 1. The molecule has 143 valence electrons. The number of primary amides is 1. The Hall–Kier alpha value is -2.73. The van der Waals surface area contributed by atoms with Crippen molar-refractivity contribution in [3.05, 3.63) is 47.5 Å². The lowest BCUT2D eigenvalue weighted by molar-refractivity contribution is -0.274. The van der Waals surface area contributed by atoms with Crippen LogP contribution in [0.1, 0.15) is 21.9 Å². The molecule has 0 saturated carbocycles. The van der Waals surface area contributed by atoms with Crippen LogP contribution in [0.3, 0.4) is 0 Å². The summed E-state index contributed by atoms with van der Waals surface area (Å²) < 4.78 is 66.9. The summed E-state index contributed by atoms with van der Waals surface area (Å²) in [5, 5.41) is 0. The molecule has 3 rings (SSSR count). The molecule has 0 spiro atoms. The molecule has 2 aromatic rings. The Morgan fingerprint density at radius 1 is 1.26 bits per heavy atom. The highest BCUT2D eigenvalue weighted by molar-refractivity contribution is 7.89. The molecule has 1 aromatic carbocycles. The topological polar surface area (TPSA) is 115 Å². The van der Waals surface area contributed by atoms with Gasteiger partial charge >= 0.3 is 6.36 Å². The van der Waals surface area contributed by atoms with Gasteiger partial charge in [0.2, 0.25) is 15.8 Å². The van der Waals surface area contributed by atoms with Crippen molar-refractivity contribution < 1.29 is 31.1 Å². The lowest BCUT2D eigenvalue weighted by Gasteiger charge is -2.27. The second-order valence-corrected chi connectivity index (χ2v) is 7.49. The molecule has 27 heavy (non-hydrogen) atoms. The third-order valence-corrected chi connectivity index (χ3v) is 5.60. The summed E-state index contributed by atoms with van der Waals surface area (Å²) in [6.45, 7) is -0.0380. The van der Waals surface area contributed by atoms with E-state index in [0.29, 0.717) is 11.3 Å². The van der Waals surface area contributed by atoms with Crippen LogP contribution in [0.2, 0.25) is 0 Å². The number of benzene rings is 1. The van der Waals surface area contributed by atoms with Gasteiger partial charge in [-0.2, -0.15) is 4.31 Å². The molecule has 1 aromatic heterocycles. The molecule has 1 amide bonds. The fraction of sp³-hybridized carbons (Fsp3) is 0.267. The molecular formula is C15H12F3N4O4S. The SMILES string of the molecule is NC(=O)c1n[c]c2c(n1)CN(S(=O)(=O)c1ccc(OC(F)(F)F)cc1)CC2. The van der Waals surface area contributed by atoms with E-state index in [1.165, 1.54) is 0 Å². The van der Waals surface area contributed by atoms with Crippen LogP contribution in [-0.2, 0) is 23.0 Å². The standard InChI is InChI=1S/C15H12F3N4O4S/c16-15(17,18)26-10-1-3-11(4-2-10)27(24,25)22-6-5-9-7-20-14(13(19)23)21-12(9)8-22/h1-4H,5-6,8H2,(H2,19,23). The first kappa shape index (κ1) is 19.0. The number of fused-ring (bicyclic) bond motifs is 1. The lowest BCUT2D eigenvalue weighted by atomic mass is 10.1. The number of nitrogens with two attached hydrogens (primary N) is 1. The molecule has 1 aliphatic heterocycles. The first-order chi connectivity index (χ1) is 12.6. The molecule has 1 radical (unpaired) electrons. The number of sulfonamides is 1.